The maximum atomic E-state index is 10.4. The number of benzene rings is 1. The fourth-order valence-electron chi connectivity index (χ4n) is 1.39. The molecule has 0 bridgehead atoms. The van der Waals surface area contributed by atoms with Crippen molar-refractivity contribution in [1.82, 2.24) is 0 Å². The van der Waals surface area contributed by atoms with E-state index in [4.69, 9.17) is 21.8 Å². The second-order valence-electron chi connectivity index (χ2n) is 4.70. The van der Waals surface area contributed by atoms with Crippen molar-refractivity contribution in [1.29, 1.82) is 0 Å². The molecule has 1 aromatic rings. The monoisotopic (exact) mass is 353 g/mol. The van der Waals surface area contributed by atoms with E-state index in [0.717, 1.165) is 5.56 Å². The molecule has 0 aliphatic rings. The minimum absolute atomic E-state index is 0.0735. The zero-order valence-corrected chi connectivity index (χ0v) is 14.4. The van der Waals surface area contributed by atoms with Gasteiger partial charge in [0, 0.05) is 5.02 Å². The van der Waals surface area contributed by atoms with Gasteiger partial charge in [0.05, 0.1) is 6.61 Å². The lowest BCUT2D eigenvalue weighted by Gasteiger charge is -2.15. The van der Waals surface area contributed by atoms with E-state index in [9.17, 15) is 8.42 Å². The zero-order valence-electron chi connectivity index (χ0n) is 12.8. The molecule has 8 heteroatoms. The van der Waals surface area contributed by atoms with Crippen LogP contribution in [0, 0.1) is 0 Å². The van der Waals surface area contributed by atoms with Gasteiger partial charge in [-0.1, -0.05) is 43.6 Å². The predicted octanol–water partition coefficient (Wildman–Crippen LogP) is 1.98. The van der Waals surface area contributed by atoms with E-state index >= 15 is 0 Å². The number of halogens is 1. The molecule has 0 unspecified atom stereocenters. The minimum Gasteiger partial charge on any atom is -0.366 e. The summed E-state index contributed by atoms with van der Waals surface area (Å²) >= 11 is 5.91. The van der Waals surface area contributed by atoms with E-state index in [2.05, 4.69) is 9.32 Å². The van der Waals surface area contributed by atoms with Crippen molar-refractivity contribution in [3.8, 4) is 0 Å². The molecular weight excluding hydrogens is 330 g/mol. The number of hydrogen-bond donors (Lipinski definition) is 3. The van der Waals surface area contributed by atoms with Crippen molar-refractivity contribution in [2.24, 2.45) is 5.14 Å². The van der Waals surface area contributed by atoms with Gasteiger partial charge >= 0.3 is 10.3 Å². The molecule has 0 aliphatic heterocycles. The van der Waals surface area contributed by atoms with Gasteiger partial charge < -0.3 is 10.2 Å². The molecular formula is C14H24ClNO5S. The Morgan fingerprint density at radius 1 is 1.23 bits per heavy atom. The van der Waals surface area contributed by atoms with Gasteiger partial charge in [-0.15, -0.1) is 0 Å². The van der Waals surface area contributed by atoms with Crippen LogP contribution in [0.15, 0.2) is 24.3 Å². The predicted molar refractivity (Wildman–Crippen MR) is 86.6 cm³/mol. The van der Waals surface area contributed by atoms with Gasteiger partial charge in [-0.05, 0) is 37.3 Å². The van der Waals surface area contributed by atoms with Crippen molar-refractivity contribution < 1.29 is 22.8 Å². The van der Waals surface area contributed by atoms with Gasteiger partial charge in [-0.3, -0.25) is 4.18 Å². The van der Waals surface area contributed by atoms with E-state index in [1.807, 2.05) is 18.2 Å². The van der Waals surface area contributed by atoms with Crippen molar-refractivity contribution in [2.45, 2.75) is 45.3 Å². The van der Waals surface area contributed by atoms with Crippen LogP contribution in [-0.2, 0) is 20.9 Å². The highest BCUT2D eigenvalue weighted by atomic mass is 35.5. The standard InChI is InChI=1S/C9H12ClNO3S.C5H12O2/c10-9-6-2-1-4-8(9)5-3-7-14-15(11,12)13;1-3-5(6,7)4-2/h1-2,4,6H,3,5,7H2,(H2,11,12,13);6-7H,3-4H2,1-2H3. The third kappa shape index (κ3) is 10.9. The van der Waals surface area contributed by atoms with Gasteiger partial charge in [0.1, 0.15) is 0 Å². The fraction of sp³-hybridized carbons (Fsp3) is 0.571. The maximum absolute atomic E-state index is 10.4. The smallest absolute Gasteiger partial charge is 0.333 e. The quantitative estimate of drug-likeness (QED) is 0.513. The highest BCUT2D eigenvalue weighted by molar-refractivity contribution is 7.84. The van der Waals surface area contributed by atoms with Crippen molar-refractivity contribution >= 4 is 21.9 Å². The van der Waals surface area contributed by atoms with Crippen LogP contribution in [0.2, 0.25) is 5.02 Å². The Morgan fingerprint density at radius 2 is 1.77 bits per heavy atom. The van der Waals surface area contributed by atoms with Gasteiger partial charge in [0.15, 0.2) is 5.79 Å². The second-order valence-corrected chi connectivity index (χ2v) is 6.33. The number of hydrogen-bond acceptors (Lipinski definition) is 5. The Bertz CT molecular complexity index is 528. The maximum Gasteiger partial charge on any atom is 0.333 e. The minimum atomic E-state index is -3.82. The van der Waals surface area contributed by atoms with Crippen molar-refractivity contribution in [3.05, 3.63) is 34.9 Å². The first kappa shape index (κ1) is 21.3. The first-order valence-corrected chi connectivity index (χ1v) is 8.81. The topological polar surface area (TPSA) is 110 Å². The van der Waals surface area contributed by atoms with Crippen LogP contribution in [0.3, 0.4) is 0 Å². The Balaban J connectivity index is 0.000000534. The highest BCUT2D eigenvalue weighted by Gasteiger charge is 2.15. The van der Waals surface area contributed by atoms with E-state index in [1.165, 1.54) is 0 Å². The first-order chi connectivity index (χ1) is 10.1. The normalized spacial score (nSPS) is 11.7. The molecule has 0 heterocycles. The van der Waals surface area contributed by atoms with Crippen LogP contribution in [0.25, 0.3) is 0 Å². The lowest BCUT2D eigenvalue weighted by atomic mass is 10.1. The number of rotatable bonds is 7. The third-order valence-electron chi connectivity index (χ3n) is 2.93. The number of aryl methyl sites for hydroxylation is 1. The van der Waals surface area contributed by atoms with Gasteiger partial charge in [-0.25, -0.2) is 5.14 Å². The third-order valence-corrected chi connectivity index (χ3v) is 3.79. The highest BCUT2D eigenvalue weighted by Crippen LogP contribution is 2.16. The van der Waals surface area contributed by atoms with Crippen LogP contribution in [0.4, 0.5) is 0 Å². The molecule has 22 heavy (non-hydrogen) atoms. The van der Waals surface area contributed by atoms with E-state index in [0.29, 0.717) is 30.7 Å². The summed E-state index contributed by atoms with van der Waals surface area (Å²) in [6.07, 6.45) is 2.03. The molecule has 0 spiro atoms. The van der Waals surface area contributed by atoms with Crippen LogP contribution >= 0.6 is 11.6 Å². The summed E-state index contributed by atoms with van der Waals surface area (Å²) < 4.78 is 25.3. The first-order valence-electron chi connectivity index (χ1n) is 6.96. The molecule has 1 rings (SSSR count). The summed E-state index contributed by atoms with van der Waals surface area (Å²) in [5.74, 6) is -1.42. The van der Waals surface area contributed by atoms with E-state index < -0.39 is 16.1 Å². The summed E-state index contributed by atoms with van der Waals surface area (Å²) in [6.45, 7) is 3.55. The van der Waals surface area contributed by atoms with Crippen LogP contribution in [-0.4, -0.2) is 31.0 Å². The largest absolute Gasteiger partial charge is 0.366 e. The van der Waals surface area contributed by atoms with E-state index in [-0.39, 0.29) is 6.61 Å². The summed E-state index contributed by atoms with van der Waals surface area (Å²) in [7, 11) is -3.82. The summed E-state index contributed by atoms with van der Waals surface area (Å²) in [5, 5.41) is 22.7. The number of nitrogens with two attached hydrogens (primary N) is 1. The molecule has 6 nitrogen and oxygen atoms in total. The molecule has 0 amide bonds. The van der Waals surface area contributed by atoms with Crippen molar-refractivity contribution in [2.75, 3.05) is 6.61 Å². The lowest BCUT2D eigenvalue weighted by molar-refractivity contribution is -0.163. The summed E-state index contributed by atoms with van der Waals surface area (Å²) in [4.78, 5) is 0. The average Bonchev–Trinajstić information content (AvgIpc) is 2.45. The lowest BCUT2D eigenvalue weighted by Crippen LogP contribution is -2.24. The molecule has 0 saturated carbocycles. The SMILES string of the molecule is CCC(O)(O)CC.NS(=O)(=O)OCCCc1ccccc1Cl. The van der Waals surface area contributed by atoms with Gasteiger partial charge in [-0.2, -0.15) is 8.42 Å². The molecule has 0 radical (unpaired) electrons. The fourth-order valence-corrected chi connectivity index (χ4v) is 1.97. The average molecular weight is 354 g/mol. The Labute approximate surface area is 137 Å². The summed E-state index contributed by atoms with van der Waals surface area (Å²) in [5.41, 5.74) is 0.970. The van der Waals surface area contributed by atoms with E-state index in [1.54, 1.807) is 19.9 Å². The van der Waals surface area contributed by atoms with Crippen LogP contribution in [0.5, 0.6) is 0 Å². The molecule has 0 atom stereocenters. The molecule has 0 aromatic heterocycles. The molecule has 0 aliphatic carbocycles. The molecule has 0 saturated heterocycles. The molecule has 4 N–H and O–H groups in total. The Kier molecular flexibility index (Phi) is 9.82. The summed E-state index contributed by atoms with van der Waals surface area (Å²) in [6, 6.07) is 7.39. The Morgan fingerprint density at radius 3 is 2.18 bits per heavy atom. The van der Waals surface area contributed by atoms with Crippen molar-refractivity contribution in [3.63, 3.8) is 0 Å². The molecule has 128 valence electrons. The van der Waals surface area contributed by atoms with Crippen LogP contribution < -0.4 is 5.14 Å². The van der Waals surface area contributed by atoms with Gasteiger partial charge in [0.25, 0.3) is 0 Å². The van der Waals surface area contributed by atoms with Crippen LogP contribution in [0.1, 0.15) is 38.7 Å². The number of aliphatic hydroxyl groups is 2. The Hall–Kier alpha value is -0.700. The van der Waals surface area contributed by atoms with Gasteiger partial charge in [0.2, 0.25) is 0 Å². The molecule has 1 aromatic carbocycles. The zero-order chi connectivity index (χ0) is 17.2. The second kappa shape index (κ2) is 10.1. The molecule has 0 fully saturated rings.